The first kappa shape index (κ1) is 22.6. The van der Waals surface area contributed by atoms with Gasteiger partial charge in [0.25, 0.3) is 5.91 Å². The highest BCUT2D eigenvalue weighted by molar-refractivity contribution is 6.06. The van der Waals surface area contributed by atoms with Crippen molar-refractivity contribution < 1.29 is 24.6 Å². The molecule has 0 fully saturated rings. The van der Waals surface area contributed by atoms with Gasteiger partial charge in [0, 0.05) is 23.5 Å². The molecule has 164 valence electrons. The predicted octanol–water partition coefficient (Wildman–Crippen LogP) is 4.25. The molecule has 3 aromatic rings. The van der Waals surface area contributed by atoms with Gasteiger partial charge in [-0.25, -0.2) is 9.59 Å². The van der Waals surface area contributed by atoms with Crippen molar-refractivity contribution in [3.05, 3.63) is 94.5 Å². The molecule has 0 aromatic heterocycles. The lowest BCUT2D eigenvalue weighted by atomic mass is 10.0. The highest BCUT2D eigenvalue weighted by Crippen LogP contribution is 2.28. The molecule has 0 saturated heterocycles. The molecule has 1 aliphatic heterocycles. The average molecular weight is 432 g/mol. The summed E-state index contributed by atoms with van der Waals surface area (Å²) in [6.07, 6.45) is 2.05. The highest BCUT2D eigenvalue weighted by Gasteiger charge is 2.22. The summed E-state index contributed by atoms with van der Waals surface area (Å²) in [5, 5.41) is 17.3. The second-order valence-corrected chi connectivity index (χ2v) is 7.45. The van der Waals surface area contributed by atoms with Crippen molar-refractivity contribution in [1.29, 1.82) is 0 Å². The molecule has 7 nitrogen and oxygen atoms in total. The zero-order valence-electron chi connectivity index (χ0n) is 17.6. The smallest absolute Gasteiger partial charge is 0.335 e. The summed E-state index contributed by atoms with van der Waals surface area (Å²) in [4.78, 5) is 35.5. The zero-order valence-corrected chi connectivity index (χ0v) is 17.6. The maximum atomic E-state index is 12.6. The van der Waals surface area contributed by atoms with E-state index in [2.05, 4.69) is 6.07 Å². The van der Waals surface area contributed by atoms with Crippen LogP contribution in [0.15, 0.2) is 66.7 Å². The van der Waals surface area contributed by atoms with Gasteiger partial charge in [-0.05, 0) is 73.4 Å². The number of aryl methyl sites for hydroxylation is 2. The van der Waals surface area contributed by atoms with Gasteiger partial charge in [0.15, 0.2) is 0 Å². The molecular weight excluding hydrogens is 408 g/mol. The van der Waals surface area contributed by atoms with Crippen LogP contribution in [0, 0.1) is 6.92 Å². The van der Waals surface area contributed by atoms with Gasteiger partial charge in [-0.1, -0.05) is 24.3 Å². The van der Waals surface area contributed by atoms with Crippen LogP contribution in [0.3, 0.4) is 0 Å². The number of carboxylic acid groups (broad SMARTS) is 2. The van der Waals surface area contributed by atoms with Crippen molar-refractivity contribution in [2.24, 2.45) is 0 Å². The van der Waals surface area contributed by atoms with Gasteiger partial charge in [0.1, 0.15) is 0 Å². The summed E-state index contributed by atoms with van der Waals surface area (Å²) in [5.41, 5.74) is 9.87. The minimum Gasteiger partial charge on any atom is -0.478 e. The van der Waals surface area contributed by atoms with E-state index in [0.29, 0.717) is 16.8 Å². The Balaban J connectivity index is 0.000000195. The summed E-state index contributed by atoms with van der Waals surface area (Å²) in [5.74, 6) is -2.18. The molecule has 0 saturated carbocycles. The van der Waals surface area contributed by atoms with Gasteiger partial charge in [-0.3, -0.25) is 4.79 Å². The molecule has 0 spiro atoms. The fourth-order valence-corrected chi connectivity index (χ4v) is 3.51. The minimum absolute atomic E-state index is 0.0111. The molecule has 0 aliphatic carbocycles. The number of nitrogen functional groups attached to an aromatic ring is 1. The number of benzene rings is 3. The van der Waals surface area contributed by atoms with Crippen LogP contribution in [0.5, 0.6) is 0 Å². The van der Waals surface area contributed by atoms with Crippen LogP contribution in [-0.2, 0) is 6.42 Å². The number of rotatable bonds is 3. The molecule has 0 atom stereocenters. The number of carbonyl (C=O) groups excluding carboxylic acids is 1. The van der Waals surface area contributed by atoms with Crippen LogP contribution in [0.1, 0.15) is 48.6 Å². The molecular formula is C25H24N2O5. The molecule has 1 heterocycles. The first-order valence-corrected chi connectivity index (χ1v) is 10.1. The van der Waals surface area contributed by atoms with Crippen LogP contribution in [0.25, 0.3) is 0 Å². The van der Waals surface area contributed by atoms with E-state index in [4.69, 9.17) is 15.9 Å². The molecule has 0 unspecified atom stereocenters. The Hall–Kier alpha value is -4.13. The number of carboxylic acids is 2. The van der Waals surface area contributed by atoms with Crippen molar-refractivity contribution in [1.82, 2.24) is 0 Å². The van der Waals surface area contributed by atoms with Crippen LogP contribution in [0.2, 0.25) is 0 Å². The molecule has 0 radical (unpaired) electrons. The number of nitrogens with two attached hydrogens (primary N) is 1. The molecule has 4 N–H and O–H groups in total. The predicted molar refractivity (Wildman–Crippen MR) is 122 cm³/mol. The van der Waals surface area contributed by atoms with Gasteiger partial charge in [-0.15, -0.1) is 0 Å². The largest absolute Gasteiger partial charge is 0.478 e. The van der Waals surface area contributed by atoms with Crippen LogP contribution in [-0.4, -0.2) is 34.6 Å². The molecule has 1 aliphatic rings. The van der Waals surface area contributed by atoms with E-state index in [1.54, 1.807) is 31.2 Å². The van der Waals surface area contributed by atoms with Crippen LogP contribution < -0.4 is 10.6 Å². The number of carbonyl (C=O) groups is 3. The van der Waals surface area contributed by atoms with Gasteiger partial charge in [0.2, 0.25) is 0 Å². The Bertz CT molecular complexity index is 1160. The minimum atomic E-state index is -1.12. The van der Waals surface area contributed by atoms with E-state index in [0.717, 1.165) is 31.1 Å². The molecule has 1 amide bonds. The highest BCUT2D eigenvalue weighted by atomic mass is 16.4. The maximum Gasteiger partial charge on any atom is 0.335 e. The van der Waals surface area contributed by atoms with E-state index >= 15 is 0 Å². The van der Waals surface area contributed by atoms with Gasteiger partial charge < -0.3 is 20.8 Å². The van der Waals surface area contributed by atoms with E-state index in [-0.39, 0.29) is 17.0 Å². The van der Waals surface area contributed by atoms with Crippen molar-refractivity contribution in [3.63, 3.8) is 0 Å². The third-order valence-electron chi connectivity index (χ3n) is 5.23. The van der Waals surface area contributed by atoms with E-state index < -0.39 is 11.9 Å². The summed E-state index contributed by atoms with van der Waals surface area (Å²) in [7, 11) is 0. The monoisotopic (exact) mass is 432 g/mol. The zero-order chi connectivity index (χ0) is 23.3. The number of nitrogens with zero attached hydrogens (tertiary/aromatic N) is 1. The quantitative estimate of drug-likeness (QED) is 0.532. The first-order valence-electron chi connectivity index (χ1n) is 10.1. The van der Waals surface area contributed by atoms with Crippen molar-refractivity contribution in [2.75, 3.05) is 17.2 Å². The second-order valence-electron chi connectivity index (χ2n) is 7.45. The van der Waals surface area contributed by atoms with E-state index in [9.17, 15) is 14.4 Å². The lowest BCUT2D eigenvalue weighted by molar-refractivity contribution is 0.0695. The number of amides is 1. The fourth-order valence-electron chi connectivity index (χ4n) is 3.51. The van der Waals surface area contributed by atoms with Gasteiger partial charge in [-0.2, -0.15) is 0 Å². The van der Waals surface area contributed by atoms with E-state index in [1.165, 1.54) is 17.7 Å². The second kappa shape index (κ2) is 9.78. The molecule has 4 rings (SSSR count). The average Bonchev–Trinajstić information content (AvgIpc) is 2.79. The Kier molecular flexibility index (Phi) is 6.90. The lowest BCUT2D eigenvalue weighted by Crippen LogP contribution is -2.35. The Labute approximate surface area is 185 Å². The van der Waals surface area contributed by atoms with Gasteiger partial charge >= 0.3 is 11.9 Å². The maximum absolute atomic E-state index is 12.6. The Morgan fingerprint density at radius 2 is 1.53 bits per heavy atom. The topological polar surface area (TPSA) is 121 Å². The number of hydrogen-bond donors (Lipinski definition) is 3. The Morgan fingerprint density at radius 1 is 0.875 bits per heavy atom. The lowest BCUT2D eigenvalue weighted by Gasteiger charge is -2.29. The number of hydrogen-bond acceptors (Lipinski definition) is 4. The van der Waals surface area contributed by atoms with Crippen molar-refractivity contribution in [3.8, 4) is 0 Å². The van der Waals surface area contributed by atoms with Crippen molar-refractivity contribution in [2.45, 2.75) is 19.8 Å². The summed E-state index contributed by atoms with van der Waals surface area (Å²) in [6.45, 7) is 2.40. The number of aromatic carboxylic acids is 2. The normalized spacial score (nSPS) is 12.2. The van der Waals surface area contributed by atoms with E-state index in [1.807, 2.05) is 23.1 Å². The number of para-hydroxylation sites is 1. The SMILES string of the molecule is Cc1ccc(C(=O)O)cc1C(=O)O.Nc1ccc(C(=O)N2CCCc3ccccc32)cc1. The summed E-state index contributed by atoms with van der Waals surface area (Å²) >= 11 is 0. The number of fused-ring (bicyclic) bond motifs is 1. The third kappa shape index (κ3) is 5.13. The Morgan fingerprint density at radius 3 is 2.19 bits per heavy atom. The molecule has 32 heavy (non-hydrogen) atoms. The van der Waals surface area contributed by atoms with Crippen LogP contribution >= 0.6 is 0 Å². The molecule has 0 bridgehead atoms. The first-order chi connectivity index (χ1) is 15.3. The summed E-state index contributed by atoms with van der Waals surface area (Å²) < 4.78 is 0. The summed E-state index contributed by atoms with van der Waals surface area (Å²) in [6, 6.07) is 19.2. The number of anilines is 2. The van der Waals surface area contributed by atoms with Crippen LogP contribution in [0.4, 0.5) is 11.4 Å². The van der Waals surface area contributed by atoms with Crippen molar-refractivity contribution >= 4 is 29.2 Å². The van der Waals surface area contributed by atoms with Gasteiger partial charge in [0.05, 0.1) is 11.1 Å². The molecule has 7 heteroatoms. The standard InChI is InChI=1S/C16H16N2O.C9H8O4/c17-14-9-7-13(8-10-14)16(19)18-11-3-5-12-4-1-2-6-15(12)18;1-5-2-3-6(8(10)11)4-7(5)9(12)13/h1-2,4,6-10H,3,5,11,17H2;2-4H,1H3,(H,10,11)(H,12,13). The third-order valence-corrected chi connectivity index (χ3v) is 5.23. The molecule has 3 aromatic carbocycles. The fraction of sp³-hybridized carbons (Fsp3) is 0.160.